The van der Waals surface area contributed by atoms with Gasteiger partial charge in [0.2, 0.25) is 0 Å². The number of rotatable bonds is 5. The van der Waals surface area contributed by atoms with Crippen molar-refractivity contribution in [3.8, 4) is 0 Å². The van der Waals surface area contributed by atoms with Crippen LogP contribution in [0.2, 0.25) is 0 Å². The Balaban J connectivity index is 3.03. The molecule has 0 spiro atoms. The minimum atomic E-state index is -2.89. The maximum atomic E-state index is 9.90. The summed E-state index contributed by atoms with van der Waals surface area (Å²) in [5.74, 6) is 0. The van der Waals surface area contributed by atoms with E-state index in [2.05, 4.69) is 9.26 Å². The normalized spacial score (nSPS) is 12.5. The summed E-state index contributed by atoms with van der Waals surface area (Å²) in [6, 6.07) is 0. The van der Waals surface area contributed by atoms with Crippen molar-refractivity contribution < 1.29 is 28.6 Å². The Bertz CT molecular complexity index is 130. The Morgan fingerprint density at radius 3 is 2.55 bits per heavy atom. The van der Waals surface area contributed by atoms with E-state index in [1.807, 2.05) is 0 Å². The second-order valence-electron chi connectivity index (χ2n) is 1.58. The van der Waals surface area contributed by atoms with Gasteiger partial charge in [-0.3, -0.25) is 4.57 Å². The fraction of sp³-hybridized carbons (Fsp3) is 0.750. The second kappa shape index (κ2) is 6.15. The molecule has 0 radical (unpaired) electrons. The van der Waals surface area contributed by atoms with Crippen molar-refractivity contribution in [3.63, 3.8) is 0 Å². The highest BCUT2D eigenvalue weighted by atomic mass is 31.1. The SMILES string of the molecule is O=C(O)OCCCO[PH](=O)O. The average Bonchev–Trinajstić information content (AvgIpc) is 1.85. The number of carbonyl (C=O) groups is 1. The lowest BCUT2D eigenvalue weighted by Crippen LogP contribution is -2.03. The topological polar surface area (TPSA) is 93.1 Å². The Morgan fingerprint density at radius 2 is 2.09 bits per heavy atom. The van der Waals surface area contributed by atoms with Crippen LogP contribution < -0.4 is 0 Å². The summed E-state index contributed by atoms with van der Waals surface area (Å²) in [4.78, 5) is 17.9. The third-order valence-corrected chi connectivity index (χ3v) is 1.19. The molecule has 0 aliphatic heterocycles. The summed E-state index contributed by atoms with van der Waals surface area (Å²) < 4.78 is 18.2. The predicted molar refractivity (Wildman–Crippen MR) is 35.8 cm³/mol. The number of hydrogen-bond acceptors (Lipinski definition) is 4. The van der Waals surface area contributed by atoms with Crippen molar-refractivity contribution in [3.05, 3.63) is 0 Å². The van der Waals surface area contributed by atoms with Crippen LogP contribution in [0, 0.1) is 0 Å². The van der Waals surface area contributed by atoms with E-state index in [-0.39, 0.29) is 19.6 Å². The lowest BCUT2D eigenvalue weighted by Gasteiger charge is -1.99. The molecule has 0 bridgehead atoms. The molecule has 2 N–H and O–H groups in total. The summed E-state index contributed by atoms with van der Waals surface area (Å²) >= 11 is 0. The van der Waals surface area contributed by atoms with Crippen LogP contribution >= 0.6 is 8.25 Å². The van der Waals surface area contributed by atoms with Gasteiger partial charge in [0.1, 0.15) is 0 Å². The largest absolute Gasteiger partial charge is 0.505 e. The van der Waals surface area contributed by atoms with E-state index in [4.69, 9.17) is 10.00 Å². The number of ether oxygens (including phenoxy) is 1. The van der Waals surface area contributed by atoms with Crippen LogP contribution in [0.5, 0.6) is 0 Å². The first-order chi connectivity index (χ1) is 5.13. The molecule has 0 heterocycles. The van der Waals surface area contributed by atoms with E-state index >= 15 is 0 Å². The standard InChI is InChI=1S/C4H9O6P/c5-4(6)9-2-1-3-10-11(7)8/h11H,1-3H2,(H,5,6)(H,7,8). The molecule has 0 saturated heterocycles. The van der Waals surface area contributed by atoms with Gasteiger partial charge in [0.25, 0.3) is 0 Å². The molecule has 0 aromatic carbocycles. The molecular weight excluding hydrogens is 175 g/mol. The summed E-state index contributed by atoms with van der Waals surface area (Å²) in [5, 5.41) is 7.95. The Labute approximate surface area is 63.7 Å². The zero-order chi connectivity index (χ0) is 8.69. The van der Waals surface area contributed by atoms with E-state index in [0.717, 1.165) is 0 Å². The highest BCUT2D eigenvalue weighted by Gasteiger charge is 1.96. The zero-order valence-electron chi connectivity index (χ0n) is 5.65. The zero-order valence-corrected chi connectivity index (χ0v) is 6.65. The van der Waals surface area contributed by atoms with Crippen LogP contribution in [0.3, 0.4) is 0 Å². The van der Waals surface area contributed by atoms with Crippen LogP contribution in [0.25, 0.3) is 0 Å². The van der Waals surface area contributed by atoms with Crippen LogP contribution in [-0.2, 0) is 13.8 Å². The van der Waals surface area contributed by atoms with Gasteiger partial charge in [0.05, 0.1) is 13.2 Å². The minimum Gasteiger partial charge on any atom is -0.450 e. The number of hydrogen-bond donors (Lipinski definition) is 2. The van der Waals surface area contributed by atoms with Gasteiger partial charge in [-0.25, -0.2) is 4.79 Å². The molecule has 0 aromatic heterocycles. The summed E-state index contributed by atoms with van der Waals surface area (Å²) in [7, 11) is -2.89. The maximum Gasteiger partial charge on any atom is 0.505 e. The van der Waals surface area contributed by atoms with Gasteiger partial charge in [-0.05, 0) is 0 Å². The lowest BCUT2D eigenvalue weighted by molar-refractivity contribution is 0.0866. The van der Waals surface area contributed by atoms with Crippen molar-refractivity contribution in [1.29, 1.82) is 0 Å². The van der Waals surface area contributed by atoms with Crippen LogP contribution in [-0.4, -0.2) is 29.4 Å². The molecule has 0 saturated carbocycles. The summed E-state index contributed by atoms with van der Waals surface area (Å²) in [5.41, 5.74) is 0. The van der Waals surface area contributed by atoms with E-state index < -0.39 is 14.4 Å². The van der Waals surface area contributed by atoms with Crippen LogP contribution in [0.15, 0.2) is 0 Å². The molecule has 7 heteroatoms. The van der Waals surface area contributed by atoms with Crippen molar-refractivity contribution in [2.75, 3.05) is 13.2 Å². The summed E-state index contributed by atoms with van der Waals surface area (Å²) in [6.45, 7) is 0.00601. The van der Waals surface area contributed by atoms with Crippen LogP contribution in [0.4, 0.5) is 4.79 Å². The first-order valence-electron chi connectivity index (χ1n) is 2.84. The Hall–Kier alpha value is -0.580. The first kappa shape index (κ1) is 10.4. The molecule has 1 unspecified atom stereocenters. The van der Waals surface area contributed by atoms with Gasteiger partial charge in [0.15, 0.2) is 0 Å². The lowest BCUT2D eigenvalue weighted by atomic mass is 10.5. The minimum absolute atomic E-state index is 0.0233. The molecule has 66 valence electrons. The fourth-order valence-corrected chi connectivity index (χ4v) is 0.697. The molecule has 11 heavy (non-hydrogen) atoms. The predicted octanol–water partition coefficient (Wildman–Crippen LogP) is 0.470. The third-order valence-electron chi connectivity index (χ3n) is 0.740. The van der Waals surface area contributed by atoms with Gasteiger partial charge < -0.3 is 19.3 Å². The van der Waals surface area contributed by atoms with Gasteiger partial charge in [-0.2, -0.15) is 0 Å². The highest BCUT2D eigenvalue weighted by molar-refractivity contribution is 7.32. The maximum absolute atomic E-state index is 9.90. The Morgan fingerprint density at radius 1 is 1.45 bits per heavy atom. The number of carboxylic acid groups (broad SMARTS) is 1. The molecule has 0 fully saturated rings. The second-order valence-corrected chi connectivity index (χ2v) is 2.40. The van der Waals surface area contributed by atoms with E-state index in [9.17, 15) is 9.36 Å². The monoisotopic (exact) mass is 184 g/mol. The highest BCUT2D eigenvalue weighted by Crippen LogP contribution is 2.13. The van der Waals surface area contributed by atoms with Crippen molar-refractivity contribution in [1.82, 2.24) is 0 Å². The molecular formula is C4H9O6P. The first-order valence-corrected chi connectivity index (χ1v) is 4.10. The molecule has 1 atom stereocenters. The van der Waals surface area contributed by atoms with Gasteiger partial charge >= 0.3 is 14.4 Å². The smallest absolute Gasteiger partial charge is 0.450 e. The molecule has 0 amide bonds. The van der Waals surface area contributed by atoms with Crippen molar-refractivity contribution in [2.45, 2.75) is 6.42 Å². The average molecular weight is 184 g/mol. The molecule has 0 aliphatic carbocycles. The molecule has 6 nitrogen and oxygen atoms in total. The van der Waals surface area contributed by atoms with E-state index in [0.29, 0.717) is 0 Å². The van der Waals surface area contributed by atoms with Crippen LogP contribution in [0.1, 0.15) is 6.42 Å². The Kier molecular flexibility index (Phi) is 5.83. The van der Waals surface area contributed by atoms with Crippen molar-refractivity contribution >= 4 is 14.4 Å². The molecule has 0 rings (SSSR count). The van der Waals surface area contributed by atoms with Gasteiger partial charge in [0, 0.05) is 6.42 Å². The quantitative estimate of drug-likeness (QED) is 0.366. The van der Waals surface area contributed by atoms with E-state index in [1.54, 1.807) is 0 Å². The third kappa shape index (κ3) is 9.42. The fourth-order valence-electron chi connectivity index (χ4n) is 0.378. The van der Waals surface area contributed by atoms with Crippen molar-refractivity contribution in [2.24, 2.45) is 0 Å². The summed E-state index contributed by atoms with van der Waals surface area (Å²) in [6.07, 6.45) is -1.08. The van der Waals surface area contributed by atoms with Gasteiger partial charge in [-0.1, -0.05) is 0 Å². The van der Waals surface area contributed by atoms with E-state index in [1.165, 1.54) is 0 Å². The van der Waals surface area contributed by atoms with Gasteiger partial charge in [-0.15, -0.1) is 0 Å². The molecule has 0 aromatic rings. The molecule has 0 aliphatic rings.